The van der Waals surface area contributed by atoms with E-state index in [4.69, 9.17) is 0 Å². The van der Waals surface area contributed by atoms with Crippen molar-refractivity contribution >= 4 is 17.5 Å². The summed E-state index contributed by atoms with van der Waals surface area (Å²) in [5.41, 5.74) is 0.588. The van der Waals surface area contributed by atoms with Crippen LogP contribution in [-0.4, -0.2) is 25.1 Å². The van der Waals surface area contributed by atoms with Gasteiger partial charge < -0.3 is 5.32 Å². The van der Waals surface area contributed by atoms with Crippen LogP contribution in [0.4, 0.5) is 0 Å². The molecule has 1 aromatic rings. The van der Waals surface area contributed by atoms with Crippen LogP contribution in [-0.2, 0) is 0 Å². The Balaban J connectivity index is 2.15. The Morgan fingerprint density at radius 1 is 1.21 bits per heavy atom. The van der Waals surface area contributed by atoms with Gasteiger partial charge in [-0.1, -0.05) is 26.0 Å². The molecular weight excluding hydrogens is 254 g/mol. The maximum atomic E-state index is 12.7. The van der Waals surface area contributed by atoms with Gasteiger partial charge in [-0.2, -0.15) is 0 Å². The lowest BCUT2D eigenvalue weighted by Gasteiger charge is -2.36. The fraction of sp³-hybridized carbons (Fsp3) is 0.562. The summed E-state index contributed by atoms with van der Waals surface area (Å²) in [6, 6.07) is 8.01. The third-order valence-corrected chi connectivity index (χ3v) is 5.04. The van der Waals surface area contributed by atoms with E-state index in [1.807, 2.05) is 24.3 Å². The summed E-state index contributed by atoms with van der Waals surface area (Å²) in [5, 5.41) is 3.37. The number of hydrogen-bond donors (Lipinski definition) is 1. The molecule has 2 nitrogen and oxygen atoms in total. The van der Waals surface area contributed by atoms with Crippen molar-refractivity contribution in [3.63, 3.8) is 0 Å². The average molecular weight is 277 g/mol. The van der Waals surface area contributed by atoms with Crippen molar-refractivity contribution in [1.82, 2.24) is 5.32 Å². The highest BCUT2D eigenvalue weighted by molar-refractivity contribution is 7.98. The van der Waals surface area contributed by atoms with Gasteiger partial charge in [0.1, 0.15) is 0 Å². The zero-order valence-electron chi connectivity index (χ0n) is 12.0. The highest BCUT2D eigenvalue weighted by Gasteiger charge is 2.37. The predicted molar refractivity (Wildman–Crippen MR) is 81.9 cm³/mol. The monoisotopic (exact) mass is 277 g/mol. The molecule has 1 saturated heterocycles. The fourth-order valence-corrected chi connectivity index (χ4v) is 3.25. The topological polar surface area (TPSA) is 29.1 Å². The van der Waals surface area contributed by atoms with E-state index < -0.39 is 0 Å². The summed E-state index contributed by atoms with van der Waals surface area (Å²) in [7, 11) is 0. The summed E-state index contributed by atoms with van der Waals surface area (Å²) in [6.07, 6.45) is 4.25. The van der Waals surface area contributed by atoms with Gasteiger partial charge in [0.25, 0.3) is 0 Å². The second-order valence-corrected chi connectivity index (χ2v) is 6.68. The van der Waals surface area contributed by atoms with Crippen molar-refractivity contribution in [1.29, 1.82) is 0 Å². The van der Waals surface area contributed by atoms with Gasteiger partial charge >= 0.3 is 0 Å². The summed E-state index contributed by atoms with van der Waals surface area (Å²) < 4.78 is 0. The Bertz CT molecular complexity index is 433. The quantitative estimate of drug-likeness (QED) is 0.673. The number of carbonyl (C=O) groups excluding carboxylic acids is 1. The second-order valence-electron chi connectivity index (χ2n) is 5.80. The van der Waals surface area contributed by atoms with E-state index in [1.54, 1.807) is 11.8 Å². The molecule has 1 N–H and O–H groups in total. The van der Waals surface area contributed by atoms with Crippen molar-refractivity contribution < 1.29 is 4.79 Å². The third kappa shape index (κ3) is 3.21. The second kappa shape index (κ2) is 6.10. The molecule has 3 heteroatoms. The normalized spacial score (nSPS) is 17.4. The van der Waals surface area contributed by atoms with Crippen LogP contribution in [0.15, 0.2) is 29.2 Å². The number of Topliss-reactive ketones (excluding diaryl/α,β-unsaturated/α-hetero) is 1. The minimum atomic E-state index is -0.261. The van der Waals surface area contributed by atoms with E-state index in [9.17, 15) is 4.79 Å². The lowest BCUT2D eigenvalue weighted by atomic mass is 9.70. The molecule has 1 aliphatic rings. The molecule has 1 aliphatic heterocycles. The van der Waals surface area contributed by atoms with Crippen molar-refractivity contribution in [2.75, 3.05) is 19.3 Å². The van der Waals surface area contributed by atoms with Crippen LogP contribution in [0, 0.1) is 11.3 Å². The molecular formula is C16H23NOS. The Morgan fingerprint density at radius 3 is 2.32 bits per heavy atom. The zero-order chi connectivity index (χ0) is 13.9. The van der Waals surface area contributed by atoms with Crippen LogP contribution in [0.2, 0.25) is 0 Å². The van der Waals surface area contributed by atoms with Gasteiger partial charge in [-0.15, -0.1) is 11.8 Å². The minimum absolute atomic E-state index is 0.261. The van der Waals surface area contributed by atoms with Gasteiger partial charge in [0, 0.05) is 15.9 Å². The number of nitrogens with one attached hydrogen (secondary N) is 1. The van der Waals surface area contributed by atoms with E-state index in [0.717, 1.165) is 31.5 Å². The fourth-order valence-electron chi connectivity index (χ4n) is 2.84. The first-order chi connectivity index (χ1) is 9.05. The summed E-state index contributed by atoms with van der Waals surface area (Å²) in [4.78, 5) is 13.9. The van der Waals surface area contributed by atoms with Crippen LogP contribution in [0.25, 0.3) is 0 Å². The molecule has 0 unspecified atom stereocenters. The SMILES string of the molecule is CSc1ccc(C(=O)C(C)(C)C2CCNCC2)cc1. The number of benzene rings is 1. The van der Waals surface area contributed by atoms with Gasteiger partial charge in [-0.25, -0.2) is 0 Å². The van der Waals surface area contributed by atoms with Crippen LogP contribution in [0.5, 0.6) is 0 Å². The van der Waals surface area contributed by atoms with Gasteiger partial charge in [0.2, 0.25) is 0 Å². The number of carbonyl (C=O) groups is 1. The number of thioether (sulfide) groups is 1. The maximum absolute atomic E-state index is 12.7. The molecule has 0 radical (unpaired) electrons. The molecule has 104 valence electrons. The third-order valence-electron chi connectivity index (χ3n) is 4.30. The minimum Gasteiger partial charge on any atom is -0.317 e. The molecule has 0 saturated carbocycles. The first-order valence-electron chi connectivity index (χ1n) is 6.95. The van der Waals surface area contributed by atoms with E-state index in [-0.39, 0.29) is 11.2 Å². The van der Waals surface area contributed by atoms with Crippen LogP contribution in [0.3, 0.4) is 0 Å². The van der Waals surface area contributed by atoms with E-state index in [1.165, 1.54) is 4.90 Å². The van der Waals surface area contributed by atoms with E-state index >= 15 is 0 Å². The molecule has 19 heavy (non-hydrogen) atoms. The molecule has 0 aromatic heterocycles. The van der Waals surface area contributed by atoms with Crippen LogP contribution < -0.4 is 5.32 Å². The van der Waals surface area contributed by atoms with Crippen molar-refractivity contribution in [2.45, 2.75) is 31.6 Å². The Hall–Kier alpha value is -0.800. The Morgan fingerprint density at radius 2 is 1.79 bits per heavy atom. The Kier molecular flexibility index (Phi) is 4.69. The molecule has 1 fully saturated rings. The zero-order valence-corrected chi connectivity index (χ0v) is 12.8. The van der Waals surface area contributed by atoms with Gasteiger partial charge in [-0.05, 0) is 50.2 Å². The van der Waals surface area contributed by atoms with Gasteiger partial charge in [-0.3, -0.25) is 4.79 Å². The maximum Gasteiger partial charge on any atom is 0.168 e. The first-order valence-corrected chi connectivity index (χ1v) is 8.17. The predicted octanol–water partition coefficient (Wildman–Crippen LogP) is 3.62. The highest BCUT2D eigenvalue weighted by atomic mass is 32.2. The standard InChI is InChI=1S/C16H23NOS/c1-16(2,13-8-10-17-11-9-13)15(18)12-4-6-14(19-3)7-5-12/h4-7,13,17H,8-11H2,1-3H3. The average Bonchev–Trinajstić information content (AvgIpc) is 2.47. The van der Waals surface area contributed by atoms with Crippen molar-refractivity contribution in [3.8, 4) is 0 Å². The largest absolute Gasteiger partial charge is 0.317 e. The molecule has 0 spiro atoms. The molecule has 0 atom stereocenters. The highest BCUT2D eigenvalue weighted by Crippen LogP contribution is 2.36. The summed E-state index contributed by atoms with van der Waals surface area (Å²) in [6.45, 7) is 6.28. The van der Waals surface area contributed by atoms with E-state index in [0.29, 0.717) is 5.92 Å². The molecule has 0 amide bonds. The lowest BCUT2D eigenvalue weighted by Crippen LogP contribution is -2.40. The summed E-state index contributed by atoms with van der Waals surface area (Å²) >= 11 is 1.71. The lowest BCUT2D eigenvalue weighted by molar-refractivity contribution is 0.0701. The Labute approximate surface area is 120 Å². The van der Waals surface area contributed by atoms with Crippen LogP contribution >= 0.6 is 11.8 Å². The number of hydrogen-bond acceptors (Lipinski definition) is 3. The molecule has 0 bridgehead atoms. The first kappa shape index (κ1) is 14.6. The molecule has 0 aliphatic carbocycles. The number of rotatable bonds is 4. The van der Waals surface area contributed by atoms with Gasteiger partial charge in [0.05, 0.1) is 0 Å². The van der Waals surface area contributed by atoms with Crippen LogP contribution in [0.1, 0.15) is 37.0 Å². The summed E-state index contributed by atoms with van der Waals surface area (Å²) in [5.74, 6) is 0.772. The number of piperidine rings is 1. The molecule has 2 rings (SSSR count). The molecule has 1 aromatic carbocycles. The van der Waals surface area contributed by atoms with Crippen molar-refractivity contribution in [2.24, 2.45) is 11.3 Å². The van der Waals surface area contributed by atoms with Gasteiger partial charge in [0.15, 0.2) is 5.78 Å². The van der Waals surface area contributed by atoms with Crippen molar-refractivity contribution in [3.05, 3.63) is 29.8 Å². The molecule has 1 heterocycles. The number of ketones is 1. The van der Waals surface area contributed by atoms with E-state index in [2.05, 4.69) is 25.4 Å². The smallest absolute Gasteiger partial charge is 0.168 e.